The first kappa shape index (κ1) is 11.0. The minimum absolute atomic E-state index is 0.165. The monoisotopic (exact) mass is 241 g/mol. The van der Waals surface area contributed by atoms with E-state index >= 15 is 0 Å². The standard InChI is InChI=1S/C10H12ClN3O2/c1-6-2-9(11)12-3-8(6)13-7-4-14(5-7)10(15)16/h2-3,7,13H,4-5H2,1H3,(H,15,16). The fourth-order valence-corrected chi connectivity index (χ4v) is 1.83. The Balaban J connectivity index is 1.94. The molecule has 2 heterocycles. The number of amides is 1. The number of nitrogens with one attached hydrogen (secondary N) is 1. The molecule has 6 heteroatoms. The number of anilines is 1. The van der Waals surface area contributed by atoms with Crippen LogP contribution in [0, 0.1) is 6.92 Å². The third kappa shape index (κ3) is 2.19. The Kier molecular flexibility index (Phi) is 2.87. The van der Waals surface area contributed by atoms with Gasteiger partial charge in [-0.2, -0.15) is 0 Å². The number of carbonyl (C=O) groups is 1. The summed E-state index contributed by atoms with van der Waals surface area (Å²) in [5.41, 5.74) is 1.91. The van der Waals surface area contributed by atoms with Crippen LogP contribution in [0.25, 0.3) is 0 Å². The van der Waals surface area contributed by atoms with E-state index in [1.165, 1.54) is 4.90 Å². The Labute approximate surface area is 98.0 Å². The molecule has 0 aromatic carbocycles. The van der Waals surface area contributed by atoms with Crippen molar-refractivity contribution < 1.29 is 9.90 Å². The highest BCUT2D eigenvalue weighted by molar-refractivity contribution is 6.29. The predicted molar refractivity (Wildman–Crippen MR) is 61.0 cm³/mol. The summed E-state index contributed by atoms with van der Waals surface area (Å²) < 4.78 is 0. The van der Waals surface area contributed by atoms with Gasteiger partial charge < -0.3 is 15.3 Å². The highest BCUT2D eigenvalue weighted by Gasteiger charge is 2.30. The van der Waals surface area contributed by atoms with E-state index in [9.17, 15) is 4.79 Å². The van der Waals surface area contributed by atoms with Crippen molar-refractivity contribution in [1.82, 2.24) is 9.88 Å². The van der Waals surface area contributed by atoms with Gasteiger partial charge in [0.1, 0.15) is 5.15 Å². The van der Waals surface area contributed by atoms with Gasteiger partial charge in [0, 0.05) is 13.1 Å². The second-order valence-electron chi connectivity index (χ2n) is 3.85. The first-order valence-electron chi connectivity index (χ1n) is 4.93. The normalized spacial score (nSPS) is 15.8. The number of hydrogen-bond donors (Lipinski definition) is 2. The van der Waals surface area contributed by atoms with Crippen LogP contribution in [0.3, 0.4) is 0 Å². The minimum Gasteiger partial charge on any atom is -0.465 e. The highest BCUT2D eigenvalue weighted by atomic mass is 35.5. The molecule has 1 fully saturated rings. The van der Waals surface area contributed by atoms with Gasteiger partial charge in [-0.25, -0.2) is 9.78 Å². The summed E-state index contributed by atoms with van der Waals surface area (Å²) in [6.07, 6.45) is 0.796. The SMILES string of the molecule is Cc1cc(Cl)ncc1NC1CN(C(=O)O)C1. The van der Waals surface area contributed by atoms with Gasteiger partial charge in [-0.05, 0) is 18.6 Å². The summed E-state index contributed by atoms with van der Waals surface area (Å²) in [4.78, 5) is 15.9. The van der Waals surface area contributed by atoms with Crippen molar-refractivity contribution in [3.63, 3.8) is 0 Å². The molecular formula is C10H12ClN3O2. The van der Waals surface area contributed by atoms with Crippen LogP contribution < -0.4 is 5.32 Å². The van der Waals surface area contributed by atoms with Gasteiger partial charge in [0.15, 0.2) is 0 Å². The summed E-state index contributed by atoms with van der Waals surface area (Å²) in [5.74, 6) is 0. The van der Waals surface area contributed by atoms with Crippen LogP contribution >= 0.6 is 11.6 Å². The van der Waals surface area contributed by atoms with Crippen molar-refractivity contribution in [2.45, 2.75) is 13.0 Å². The maximum Gasteiger partial charge on any atom is 0.407 e. The van der Waals surface area contributed by atoms with Crippen molar-refractivity contribution >= 4 is 23.4 Å². The third-order valence-corrected chi connectivity index (χ3v) is 2.80. The van der Waals surface area contributed by atoms with Gasteiger partial charge in [0.05, 0.1) is 17.9 Å². The fourth-order valence-electron chi connectivity index (χ4n) is 1.62. The lowest BCUT2D eigenvalue weighted by molar-refractivity contribution is 0.111. The molecule has 1 aromatic heterocycles. The number of likely N-dealkylation sites (tertiary alicyclic amines) is 1. The van der Waals surface area contributed by atoms with Crippen molar-refractivity contribution in [3.05, 3.63) is 23.0 Å². The zero-order chi connectivity index (χ0) is 11.7. The molecule has 0 spiro atoms. The molecular weight excluding hydrogens is 230 g/mol. The van der Waals surface area contributed by atoms with Crippen LogP contribution in [0.4, 0.5) is 10.5 Å². The van der Waals surface area contributed by atoms with E-state index in [1.54, 1.807) is 12.3 Å². The molecule has 2 rings (SSSR count). The molecule has 1 amide bonds. The number of rotatable bonds is 2. The van der Waals surface area contributed by atoms with Crippen molar-refractivity contribution in [2.75, 3.05) is 18.4 Å². The zero-order valence-corrected chi connectivity index (χ0v) is 9.53. The summed E-state index contributed by atoms with van der Waals surface area (Å²) in [6.45, 7) is 2.96. The molecule has 1 saturated heterocycles. The van der Waals surface area contributed by atoms with Crippen LogP contribution in [0.5, 0.6) is 0 Å². The second-order valence-corrected chi connectivity index (χ2v) is 4.24. The number of nitrogens with zero attached hydrogens (tertiary/aromatic N) is 2. The molecule has 16 heavy (non-hydrogen) atoms. The number of carboxylic acid groups (broad SMARTS) is 1. The smallest absolute Gasteiger partial charge is 0.407 e. The number of pyridine rings is 1. The highest BCUT2D eigenvalue weighted by Crippen LogP contribution is 2.20. The molecule has 2 N–H and O–H groups in total. The van der Waals surface area contributed by atoms with E-state index < -0.39 is 6.09 Å². The topological polar surface area (TPSA) is 65.5 Å². The molecule has 0 saturated carbocycles. The number of aromatic nitrogens is 1. The molecule has 1 aliphatic rings. The molecule has 0 atom stereocenters. The Hall–Kier alpha value is -1.49. The van der Waals surface area contributed by atoms with E-state index in [0.29, 0.717) is 18.2 Å². The minimum atomic E-state index is -0.871. The van der Waals surface area contributed by atoms with Gasteiger partial charge in [0.2, 0.25) is 0 Å². The summed E-state index contributed by atoms with van der Waals surface area (Å²) in [6, 6.07) is 1.94. The molecule has 0 unspecified atom stereocenters. The van der Waals surface area contributed by atoms with Crippen LogP contribution in [0.2, 0.25) is 5.15 Å². The average molecular weight is 242 g/mol. The molecule has 0 bridgehead atoms. The van der Waals surface area contributed by atoms with Gasteiger partial charge >= 0.3 is 6.09 Å². The van der Waals surface area contributed by atoms with Crippen LogP contribution in [-0.4, -0.2) is 40.2 Å². The van der Waals surface area contributed by atoms with E-state index in [-0.39, 0.29) is 6.04 Å². The fraction of sp³-hybridized carbons (Fsp3) is 0.400. The van der Waals surface area contributed by atoms with E-state index in [4.69, 9.17) is 16.7 Å². The molecule has 1 aliphatic heterocycles. The maximum atomic E-state index is 10.6. The predicted octanol–water partition coefficient (Wildman–Crippen LogP) is 1.82. The zero-order valence-electron chi connectivity index (χ0n) is 8.77. The first-order chi connectivity index (χ1) is 7.56. The molecule has 1 aromatic rings. The van der Waals surface area contributed by atoms with Crippen molar-refractivity contribution in [1.29, 1.82) is 0 Å². The van der Waals surface area contributed by atoms with Crippen molar-refractivity contribution in [2.24, 2.45) is 0 Å². The lowest BCUT2D eigenvalue weighted by Gasteiger charge is -2.38. The van der Waals surface area contributed by atoms with E-state index in [2.05, 4.69) is 10.3 Å². The maximum absolute atomic E-state index is 10.6. The second kappa shape index (κ2) is 4.17. The van der Waals surface area contributed by atoms with Gasteiger partial charge in [-0.15, -0.1) is 0 Å². The molecule has 0 radical (unpaired) electrons. The number of halogens is 1. The summed E-state index contributed by atoms with van der Waals surface area (Å²) in [7, 11) is 0. The number of aryl methyl sites for hydroxylation is 1. The van der Waals surface area contributed by atoms with Gasteiger partial charge in [0.25, 0.3) is 0 Å². The van der Waals surface area contributed by atoms with E-state index in [0.717, 1.165) is 11.3 Å². The molecule has 86 valence electrons. The van der Waals surface area contributed by atoms with Gasteiger partial charge in [-0.1, -0.05) is 11.6 Å². The lowest BCUT2D eigenvalue weighted by Crippen LogP contribution is -2.56. The molecule has 5 nitrogen and oxygen atoms in total. The Bertz CT molecular complexity index is 419. The summed E-state index contributed by atoms with van der Waals surface area (Å²) >= 11 is 5.74. The Morgan fingerprint density at radius 2 is 2.38 bits per heavy atom. The lowest BCUT2D eigenvalue weighted by atomic mass is 10.1. The Morgan fingerprint density at radius 1 is 1.69 bits per heavy atom. The Morgan fingerprint density at radius 3 is 2.94 bits per heavy atom. The quantitative estimate of drug-likeness (QED) is 0.776. The van der Waals surface area contributed by atoms with Gasteiger partial charge in [-0.3, -0.25) is 0 Å². The first-order valence-corrected chi connectivity index (χ1v) is 5.30. The van der Waals surface area contributed by atoms with Crippen LogP contribution in [0.1, 0.15) is 5.56 Å². The average Bonchev–Trinajstić information content (AvgIpc) is 2.12. The van der Waals surface area contributed by atoms with Crippen molar-refractivity contribution in [3.8, 4) is 0 Å². The van der Waals surface area contributed by atoms with E-state index in [1.807, 2.05) is 6.92 Å². The molecule has 0 aliphatic carbocycles. The largest absolute Gasteiger partial charge is 0.465 e. The third-order valence-electron chi connectivity index (χ3n) is 2.59. The van der Waals surface area contributed by atoms with Crippen LogP contribution in [-0.2, 0) is 0 Å². The number of hydrogen-bond acceptors (Lipinski definition) is 3. The summed E-state index contributed by atoms with van der Waals surface area (Å²) in [5, 5.41) is 12.4. The van der Waals surface area contributed by atoms with Crippen LogP contribution in [0.15, 0.2) is 12.3 Å².